The van der Waals surface area contributed by atoms with Gasteiger partial charge in [0, 0.05) is 58.2 Å². The molecule has 146 valence electrons. The lowest BCUT2D eigenvalue weighted by molar-refractivity contribution is -0.141. The molecule has 1 atom stereocenters. The van der Waals surface area contributed by atoms with E-state index in [2.05, 4.69) is 34.1 Å². The van der Waals surface area contributed by atoms with E-state index in [1.807, 2.05) is 4.90 Å². The topological polar surface area (TPSA) is 43.9 Å². The molecule has 2 heterocycles. The van der Waals surface area contributed by atoms with Crippen LogP contribution in [0.3, 0.4) is 0 Å². The molecule has 0 aromatic heterocycles. The summed E-state index contributed by atoms with van der Waals surface area (Å²) < 4.78 is 0. The summed E-state index contributed by atoms with van der Waals surface area (Å²) in [7, 11) is 0. The normalized spacial score (nSPS) is 24.6. The molecular weight excluding hydrogens is 338 g/mol. The molecule has 2 amide bonds. The van der Waals surface area contributed by atoms with E-state index in [0.717, 1.165) is 58.5 Å². The van der Waals surface area contributed by atoms with Crippen LogP contribution in [0.4, 0.5) is 0 Å². The predicted octanol–water partition coefficient (Wildman–Crippen LogP) is 1.95. The van der Waals surface area contributed by atoms with Gasteiger partial charge in [0.05, 0.1) is 0 Å². The summed E-state index contributed by atoms with van der Waals surface area (Å²) >= 11 is 0. The average molecular weight is 370 g/mol. The van der Waals surface area contributed by atoms with Crippen LogP contribution in [0.5, 0.6) is 0 Å². The van der Waals surface area contributed by atoms with Gasteiger partial charge in [-0.05, 0) is 43.2 Å². The van der Waals surface area contributed by atoms with E-state index in [9.17, 15) is 9.59 Å². The van der Waals surface area contributed by atoms with Crippen molar-refractivity contribution < 1.29 is 9.59 Å². The van der Waals surface area contributed by atoms with Crippen LogP contribution in [0.1, 0.15) is 37.3 Å². The third kappa shape index (κ3) is 4.03. The maximum Gasteiger partial charge on any atom is 0.225 e. The third-order valence-corrected chi connectivity index (χ3v) is 6.75. The molecule has 3 aliphatic rings. The highest BCUT2D eigenvalue weighted by Crippen LogP contribution is 2.26. The Morgan fingerprint density at radius 3 is 2.19 bits per heavy atom. The third-order valence-electron chi connectivity index (χ3n) is 6.75. The number of likely N-dealkylation sites (tertiary alicyclic amines) is 1. The number of fused-ring (bicyclic) bond motifs is 1. The molecule has 0 radical (unpaired) electrons. The Morgan fingerprint density at radius 1 is 0.852 bits per heavy atom. The molecule has 0 saturated carbocycles. The molecular formula is C22H31N3O2. The van der Waals surface area contributed by atoms with Crippen molar-refractivity contribution in [1.29, 1.82) is 0 Å². The first-order valence-corrected chi connectivity index (χ1v) is 10.5. The number of hydrogen-bond donors (Lipinski definition) is 0. The van der Waals surface area contributed by atoms with E-state index >= 15 is 0 Å². The maximum atomic E-state index is 12.9. The molecule has 5 nitrogen and oxygen atoms in total. The second kappa shape index (κ2) is 8.01. The van der Waals surface area contributed by atoms with Crippen LogP contribution in [-0.4, -0.2) is 71.8 Å². The van der Waals surface area contributed by atoms with E-state index in [0.29, 0.717) is 11.9 Å². The minimum Gasteiger partial charge on any atom is -0.343 e. The molecule has 27 heavy (non-hydrogen) atoms. The predicted molar refractivity (Wildman–Crippen MR) is 105 cm³/mol. The number of nitrogens with zero attached hydrogens (tertiary/aromatic N) is 3. The number of piperidine rings is 1. The highest BCUT2D eigenvalue weighted by molar-refractivity contribution is 5.80. The van der Waals surface area contributed by atoms with Gasteiger partial charge >= 0.3 is 0 Å². The van der Waals surface area contributed by atoms with Gasteiger partial charge in [-0.25, -0.2) is 0 Å². The summed E-state index contributed by atoms with van der Waals surface area (Å²) in [5.74, 6) is 0.545. The van der Waals surface area contributed by atoms with Gasteiger partial charge < -0.3 is 9.80 Å². The summed E-state index contributed by atoms with van der Waals surface area (Å²) in [4.78, 5) is 30.9. The Hall–Kier alpha value is -1.88. The minimum atomic E-state index is 0.105. The molecule has 2 fully saturated rings. The molecule has 4 rings (SSSR count). The first kappa shape index (κ1) is 18.5. The van der Waals surface area contributed by atoms with Gasteiger partial charge in [-0.2, -0.15) is 0 Å². The van der Waals surface area contributed by atoms with Crippen molar-refractivity contribution in [3.8, 4) is 0 Å². The zero-order chi connectivity index (χ0) is 18.8. The smallest absolute Gasteiger partial charge is 0.225 e. The number of rotatable bonds is 2. The van der Waals surface area contributed by atoms with Crippen LogP contribution in [0.2, 0.25) is 0 Å². The fraction of sp³-hybridized carbons (Fsp3) is 0.636. The number of hydrogen-bond acceptors (Lipinski definition) is 3. The van der Waals surface area contributed by atoms with Gasteiger partial charge in [-0.3, -0.25) is 14.5 Å². The van der Waals surface area contributed by atoms with E-state index in [-0.39, 0.29) is 11.8 Å². The second-order valence-electron chi connectivity index (χ2n) is 8.31. The van der Waals surface area contributed by atoms with E-state index in [1.165, 1.54) is 24.0 Å². The molecule has 5 heteroatoms. The van der Waals surface area contributed by atoms with Gasteiger partial charge in [0.25, 0.3) is 0 Å². The molecule has 0 bridgehead atoms. The van der Waals surface area contributed by atoms with Gasteiger partial charge in [0.15, 0.2) is 0 Å². The molecule has 1 aromatic rings. The summed E-state index contributed by atoms with van der Waals surface area (Å²) in [5, 5.41) is 0. The molecule has 2 saturated heterocycles. The molecule has 1 aromatic carbocycles. The number of benzene rings is 1. The van der Waals surface area contributed by atoms with Crippen LogP contribution in [-0.2, 0) is 22.4 Å². The summed E-state index contributed by atoms with van der Waals surface area (Å²) in [5.41, 5.74) is 3.02. The first-order chi connectivity index (χ1) is 13.1. The average Bonchev–Trinajstić information content (AvgIpc) is 2.73. The van der Waals surface area contributed by atoms with Gasteiger partial charge in [0.2, 0.25) is 11.8 Å². The SMILES string of the molecule is CC(=O)N1CCC(C(=O)N2CCN([C@@H]3CCc4ccccc4C3)CC2)CC1. The van der Waals surface area contributed by atoms with Crippen LogP contribution in [0.25, 0.3) is 0 Å². The Balaban J connectivity index is 1.27. The number of carbonyl (C=O) groups excluding carboxylic acids is 2. The lowest BCUT2D eigenvalue weighted by Gasteiger charge is -2.42. The molecule has 0 unspecified atom stereocenters. The number of carbonyl (C=O) groups is 2. The lowest BCUT2D eigenvalue weighted by atomic mass is 9.87. The van der Waals surface area contributed by atoms with Gasteiger partial charge in [-0.1, -0.05) is 24.3 Å². The Kier molecular flexibility index (Phi) is 5.48. The summed E-state index contributed by atoms with van der Waals surface area (Å²) in [6, 6.07) is 9.45. The van der Waals surface area contributed by atoms with Crippen molar-refractivity contribution in [1.82, 2.24) is 14.7 Å². The fourth-order valence-electron chi connectivity index (χ4n) is 5.00. The molecule has 1 aliphatic carbocycles. The van der Waals surface area contributed by atoms with Crippen molar-refractivity contribution in [3.05, 3.63) is 35.4 Å². The van der Waals surface area contributed by atoms with Crippen LogP contribution in [0.15, 0.2) is 24.3 Å². The van der Waals surface area contributed by atoms with Crippen molar-refractivity contribution in [3.63, 3.8) is 0 Å². The van der Waals surface area contributed by atoms with Gasteiger partial charge in [0.1, 0.15) is 0 Å². The first-order valence-electron chi connectivity index (χ1n) is 10.5. The zero-order valence-electron chi connectivity index (χ0n) is 16.4. The number of amides is 2. The minimum absolute atomic E-state index is 0.105. The zero-order valence-corrected chi connectivity index (χ0v) is 16.4. The van der Waals surface area contributed by atoms with Crippen LogP contribution >= 0.6 is 0 Å². The summed E-state index contributed by atoms with van der Waals surface area (Å²) in [6.07, 6.45) is 5.19. The van der Waals surface area contributed by atoms with E-state index < -0.39 is 0 Å². The van der Waals surface area contributed by atoms with Crippen molar-refractivity contribution in [2.75, 3.05) is 39.3 Å². The van der Waals surface area contributed by atoms with Crippen molar-refractivity contribution in [2.24, 2.45) is 5.92 Å². The Morgan fingerprint density at radius 2 is 1.52 bits per heavy atom. The Labute approximate surface area is 162 Å². The van der Waals surface area contributed by atoms with Gasteiger partial charge in [-0.15, -0.1) is 0 Å². The number of piperazine rings is 1. The number of aryl methyl sites for hydroxylation is 1. The monoisotopic (exact) mass is 369 g/mol. The quantitative estimate of drug-likeness (QED) is 0.800. The Bertz CT molecular complexity index is 689. The van der Waals surface area contributed by atoms with E-state index in [4.69, 9.17) is 0 Å². The van der Waals surface area contributed by atoms with Crippen LogP contribution < -0.4 is 0 Å². The fourth-order valence-corrected chi connectivity index (χ4v) is 5.00. The molecule has 0 spiro atoms. The largest absolute Gasteiger partial charge is 0.343 e. The van der Waals surface area contributed by atoms with E-state index in [1.54, 1.807) is 6.92 Å². The van der Waals surface area contributed by atoms with Crippen molar-refractivity contribution >= 4 is 11.8 Å². The second-order valence-corrected chi connectivity index (χ2v) is 8.31. The molecule has 0 N–H and O–H groups in total. The highest BCUT2D eigenvalue weighted by atomic mass is 16.2. The highest BCUT2D eigenvalue weighted by Gasteiger charge is 2.33. The van der Waals surface area contributed by atoms with Crippen LogP contribution in [0, 0.1) is 5.92 Å². The lowest BCUT2D eigenvalue weighted by Crippen LogP contribution is -2.54. The standard InChI is InChI=1S/C22H31N3O2/c1-17(26)23-10-8-19(9-11-23)22(27)25-14-12-24(13-15-25)21-7-6-18-4-2-3-5-20(18)16-21/h2-5,19,21H,6-16H2,1H3/t21-/m1/s1. The summed E-state index contributed by atoms with van der Waals surface area (Å²) in [6.45, 7) is 6.76. The van der Waals surface area contributed by atoms with Crippen molar-refractivity contribution in [2.45, 2.75) is 45.1 Å². The maximum absolute atomic E-state index is 12.9. The molecule has 2 aliphatic heterocycles.